The Kier molecular flexibility index (Phi) is 5.85. The molecule has 1 fully saturated rings. The molecule has 1 amide bonds. The van der Waals surface area contributed by atoms with E-state index < -0.39 is 10.0 Å². The summed E-state index contributed by atoms with van der Waals surface area (Å²) >= 11 is 0. The van der Waals surface area contributed by atoms with Gasteiger partial charge in [-0.05, 0) is 45.7 Å². The van der Waals surface area contributed by atoms with Crippen LogP contribution in [0, 0.1) is 13.8 Å². The van der Waals surface area contributed by atoms with Gasteiger partial charge in [0.1, 0.15) is 0 Å². The van der Waals surface area contributed by atoms with Gasteiger partial charge in [0, 0.05) is 42.2 Å². The van der Waals surface area contributed by atoms with E-state index in [2.05, 4.69) is 20.5 Å². The first-order valence-electron chi connectivity index (χ1n) is 9.40. The Balaban J connectivity index is 1.62. The van der Waals surface area contributed by atoms with Crippen molar-refractivity contribution in [2.45, 2.75) is 45.6 Å². The number of hydrogen-bond donors (Lipinski definition) is 2. The number of aryl methyl sites for hydroxylation is 2. The highest BCUT2D eigenvalue weighted by Gasteiger charge is 2.26. The highest BCUT2D eigenvalue weighted by molar-refractivity contribution is 7.88. The van der Waals surface area contributed by atoms with Gasteiger partial charge in [0.2, 0.25) is 10.0 Å². The molecule has 1 aliphatic rings. The first-order chi connectivity index (χ1) is 13.2. The molecular weight excluding hydrogens is 378 g/mol. The zero-order valence-electron chi connectivity index (χ0n) is 16.7. The molecule has 9 heteroatoms. The summed E-state index contributed by atoms with van der Waals surface area (Å²) in [4.78, 5) is 17.0. The smallest absolute Gasteiger partial charge is 0.253 e. The highest BCUT2D eigenvalue weighted by atomic mass is 32.2. The number of aromatic amines is 1. The molecule has 1 saturated heterocycles. The lowest BCUT2D eigenvalue weighted by Crippen LogP contribution is -2.37. The molecule has 3 rings (SSSR count). The van der Waals surface area contributed by atoms with Crippen molar-refractivity contribution in [2.24, 2.45) is 0 Å². The van der Waals surface area contributed by atoms with E-state index in [4.69, 9.17) is 0 Å². The maximum Gasteiger partial charge on any atom is 0.253 e. The van der Waals surface area contributed by atoms with Crippen molar-refractivity contribution in [1.82, 2.24) is 24.8 Å². The fraction of sp³-hybridized carbons (Fsp3) is 0.526. The van der Waals surface area contributed by atoms with Crippen LogP contribution >= 0.6 is 0 Å². The second-order valence-corrected chi connectivity index (χ2v) is 9.43. The van der Waals surface area contributed by atoms with Crippen LogP contribution in [0.2, 0.25) is 0 Å². The third-order valence-corrected chi connectivity index (χ3v) is 6.66. The number of nitrogens with one attached hydrogen (secondary N) is 2. The van der Waals surface area contributed by atoms with E-state index in [1.165, 1.54) is 10.6 Å². The Morgan fingerprint density at radius 2 is 1.96 bits per heavy atom. The molecule has 1 unspecified atom stereocenters. The second kappa shape index (κ2) is 8.00. The van der Waals surface area contributed by atoms with Crippen LogP contribution in [0.1, 0.15) is 64.7 Å². The maximum absolute atomic E-state index is 12.6. The van der Waals surface area contributed by atoms with E-state index in [9.17, 15) is 13.2 Å². The molecule has 0 aliphatic carbocycles. The van der Waals surface area contributed by atoms with Crippen LogP contribution in [-0.2, 0) is 10.0 Å². The van der Waals surface area contributed by atoms with Crippen molar-refractivity contribution in [3.63, 3.8) is 0 Å². The fourth-order valence-electron chi connectivity index (χ4n) is 3.81. The molecule has 2 N–H and O–H groups in total. The molecule has 0 saturated carbocycles. The van der Waals surface area contributed by atoms with Crippen LogP contribution in [0.5, 0.6) is 0 Å². The maximum atomic E-state index is 12.6. The lowest BCUT2D eigenvalue weighted by atomic mass is 9.94. The van der Waals surface area contributed by atoms with Gasteiger partial charge in [0.15, 0.2) is 0 Å². The van der Waals surface area contributed by atoms with E-state index in [0.717, 1.165) is 35.5 Å². The highest BCUT2D eigenvalue weighted by Crippen LogP contribution is 2.27. The third kappa shape index (κ3) is 4.41. The Hall–Kier alpha value is -2.26. The summed E-state index contributed by atoms with van der Waals surface area (Å²) in [6, 6.07) is 3.49. The van der Waals surface area contributed by atoms with Gasteiger partial charge in [0.25, 0.3) is 5.91 Å². The average Bonchev–Trinajstić information content (AvgIpc) is 2.99. The number of H-pyrrole nitrogens is 1. The third-order valence-electron chi connectivity index (χ3n) is 5.36. The Labute approximate surface area is 165 Å². The molecule has 0 radical (unpaired) electrons. The summed E-state index contributed by atoms with van der Waals surface area (Å²) in [5, 5.41) is 10.1. The number of piperidine rings is 1. The molecule has 1 atom stereocenters. The minimum atomic E-state index is -3.13. The average molecular weight is 406 g/mol. The minimum Gasteiger partial charge on any atom is -0.345 e. The van der Waals surface area contributed by atoms with Crippen molar-refractivity contribution in [2.75, 3.05) is 19.3 Å². The molecule has 0 bridgehead atoms. The van der Waals surface area contributed by atoms with E-state index in [1.54, 1.807) is 12.3 Å². The van der Waals surface area contributed by atoms with Gasteiger partial charge in [-0.15, -0.1) is 0 Å². The van der Waals surface area contributed by atoms with E-state index in [0.29, 0.717) is 18.7 Å². The van der Waals surface area contributed by atoms with Gasteiger partial charge < -0.3 is 5.32 Å². The van der Waals surface area contributed by atoms with Gasteiger partial charge in [-0.2, -0.15) is 5.10 Å². The molecule has 0 aromatic carbocycles. The minimum absolute atomic E-state index is 0.161. The molecule has 2 aromatic rings. The van der Waals surface area contributed by atoms with Crippen LogP contribution in [0.3, 0.4) is 0 Å². The largest absolute Gasteiger partial charge is 0.345 e. The van der Waals surface area contributed by atoms with E-state index >= 15 is 0 Å². The summed E-state index contributed by atoms with van der Waals surface area (Å²) in [5.41, 5.74) is 4.22. The van der Waals surface area contributed by atoms with E-state index in [1.807, 2.05) is 26.8 Å². The van der Waals surface area contributed by atoms with Crippen molar-refractivity contribution < 1.29 is 13.2 Å². The van der Waals surface area contributed by atoms with Crippen molar-refractivity contribution in [3.05, 3.63) is 46.5 Å². The van der Waals surface area contributed by atoms with Crippen molar-refractivity contribution >= 4 is 15.9 Å². The number of aromatic nitrogens is 3. The summed E-state index contributed by atoms with van der Waals surface area (Å²) in [6.45, 7) is 6.79. The Morgan fingerprint density at radius 3 is 2.46 bits per heavy atom. The molecule has 152 valence electrons. The number of pyridine rings is 1. The summed E-state index contributed by atoms with van der Waals surface area (Å²) in [5.74, 6) is 0.0312. The number of hydrogen-bond acceptors (Lipinski definition) is 5. The molecule has 1 aliphatic heterocycles. The molecular formula is C19H27N5O3S. The zero-order chi connectivity index (χ0) is 20.5. The van der Waals surface area contributed by atoms with Crippen molar-refractivity contribution in [1.29, 1.82) is 0 Å². The standard InChI is InChI=1S/C19H27N5O3S/c1-12(18-13(2)22-23-14(18)3)21-19(25)16-5-6-17(20-11-16)15-7-9-24(10-8-15)28(4,26)27/h5-6,11-12,15H,7-10H2,1-4H3,(H,21,25)(H,22,23). The molecule has 0 spiro atoms. The fourth-order valence-corrected chi connectivity index (χ4v) is 4.69. The van der Waals surface area contributed by atoms with Crippen LogP contribution in [0.15, 0.2) is 18.3 Å². The van der Waals surface area contributed by atoms with Crippen LogP contribution in [-0.4, -0.2) is 53.2 Å². The number of carbonyl (C=O) groups excluding carboxylic acids is 1. The summed E-state index contributed by atoms with van der Waals surface area (Å²) in [6.07, 6.45) is 4.31. The Bertz CT molecular complexity index is 925. The summed E-state index contributed by atoms with van der Waals surface area (Å²) in [7, 11) is -3.13. The first-order valence-corrected chi connectivity index (χ1v) is 11.2. The predicted molar refractivity (Wildman–Crippen MR) is 107 cm³/mol. The number of amides is 1. The monoisotopic (exact) mass is 405 g/mol. The summed E-state index contributed by atoms with van der Waals surface area (Å²) < 4.78 is 24.8. The number of rotatable bonds is 5. The van der Waals surface area contributed by atoms with Gasteiger partial charge in [-0.25, -0.2) is 12.7 Å². The van der Waals surface area contributed by atoms with Gasteiger partial charge in [0.05, 0.1) is 23.6 Å². The van der Waals surface area contributed by atoms with Crippen LogP contribution in [0.25, 0.3) is 0 Å². The second-order valence-electron chi connectivity index (χ2n) is 7.45. The first kappa shape index (κ1) is 20.5. The SMILES string of the molecule is Cc1n[nH]c(C)c1C(C)NC(=O)c1ccc(C2CCN(S(C)(=O)=O)CC2)nc1. The lowest BCUT2D eigenvalue weighted by molar-refractivity contribution is 0.0939. The van der Waals surface area contributed by atoms with Crippen LogP contribution in [0.4, 0.5) is 0 Å². The van der Waals surface area contributed by atoms with Gasteiger partial charge in [-0.3, -0.25) is 14.9 Å². The number of nitrogens with zero attached hydrogens (tertiary/aromatic N) is 3. The lowest BCUT2D eigenvalue weighted by Gasteiger charge is -2.29. The molecule has 3 heterocycles. The zero-order valence-corrected chi connectivity index (χ0v) is 17.5. The molecule has 2 aromatic heterocycles. The normalized spacial score (nSPS) is 17.4. The Morgan fingerprint density at radius 1 is 1.29 bits per heavy atom. The topological polar surface area (TPSA) is 108 Å². The number of sulfonamides is 1. The predicted octanol–water partition coefficient (Wildman–Crippen LogP) is 2.05. The van der Waals surface area contributed by atoms with Gasteiger partial charge in [-0.1, -0.05) is 0 Å². The van der Waals surface area contributed by atoms with Crippen LogP contribution < -0.4 is 5.32 Å². The molecule has 8 nitrogen and oxygen atoms in total. The molecule has 28 heavy (non-hydrogen) atoms. The number of carbonyl (C=O) groups is 1. The van der Waals surface area contributed by atoms with E-state index in [-0.39, 0.29) is 17.9 Å². The quantitative estimate of drug-likeness (QED) is 0.791. The van der Waals surface area contributed by atoms with Gasteiger partial charge >= 0.3 is 0 Å². The van der Waals surface area contributed by atoms with Crippen molar-refractivity contribution in [3.8, 4) is 0 Å².